The first-order valence-electron chi connectivity index (χ1n) is 9.48. The van der Waals surface area contributed by atoms with E-state index in [1.54, 1.807) is 32.0 Å². The first kappa shape index (κ1) is 22.3. The van der Waals surface area contributed by atoms with Crippen molar-refractivity contribution in [3.05, 3.63) is 57.6 Å². The Morgan fingerprint density at radius 1 is 1.19 bits per heavy atom. The molecular weight excluding hydrogens is 426 g/mol. The molecule has 166 valence electrons. The molecule has 0 aliphatic carbocycles. The summed E-state index contributed by atoms with van der Waals surface area (Å²) in [6.07, 6.45) is 0.947. The van der Waals surface area contributed by atoms with Crippen molar-refractivity contribution in [1.82, 2.24) is 5.32 Å². The summed E-state index contributed by atoms with van der Waals surface area (Å²) in [5.74, 6) is 0.645. The van der Waals surface area contributed by atoms with Gasteiger partial charge in [-0.05, 0) is 37.1 Å². The minimum Gasteiger partial charge on any atom is -0.486 e. The summed E-state index contributed by atoms with van der Waals surface area (Å²) in [7, 11) is -3.88. The van der Waals surface area contributed by atoms with Crippen molar-refractivity contribution < 1.29 is 27.6 Å². The molecule has 0 spiro atoms. The zero-order valence-corrected chi connectivity index (χ0v) is 18.1. The number of nitro groups is 1. The van der Waals surface area contributed by atoms with Crippen LogP contribution in [0.4, 0.5) is 11.4 Å². The number of anilines is 1. The third kappa shape index (κ3) is 5.23. The van der Waals surface area contributed by atoms with Gasteiger partial charge in [-0.3, -0.25) is 19.2 Å². The molecule has 0 fully saturated rings. The Labute approximate surface area is 180 Å². The van der Waals surface area contributed by atoms with E-state index in [2.05, 4.69) is 5.32 Å². The molecule has 1 heterocycles. The lowest BCUT2D eigenvalue weighted by atomic mass is 10.1. The Kier molecular flexibility index (Phi) is 6.34. The second kappa shape index (κ2) is 8.80. The van der Waals surface area contributed by atoms with Crippen LogP contribution in [-0.2, 0) is 14.8 Å². The van der Waals surface area contributed by atoms with Crippen molar-refractivity contribution >= 4 is 27.3 Å². The fourth-order valence-corrected chi connectivity index (χ4v) is 4.10. The number of sulfonamides is 1. The predicted octanol–water partition coefficient (Wildman–Crippen LogP) is 2.32. The molecule has 0 aromatic heterocycles. The van der Waals surface area contributed by atoms with Crippen LogP contribution in [0.15, 0.2) is 36.4 Å². The number of nitrogens with zero attached hydrogens (tertiary/aromatic N) is 2. The number of non-ortho nitro benzene ring substituents is 1. The molecule has 10 nitrogen and oxygen atoms in total. The average molecular weight is 449 g/mol. The molecule has 0 unspecified atom stereocenters. The standard InChI is InChI=1S/C20H23N3O7S/c1-13-4-6-16(23(25)26)11-17(13)22(31(3,27)28)12-20(24)21-14(2)15-5-7-18-19(10-15)30-9-8-29-18/h4-7,10-11,14H,8-9,12H2,1-3H3,(H,21,24)/t14-/m0/s1. The summed E-state index contributed by atoms with van der Waals surface area (Å²) in [6, 6.07) is 8.74. The molecule has 1 atom stereocenters. The van der Waals surface area contributed by atoms with E-state index in [9.17, 15) is 23.3 Å². The van der Waals surface area contributed by atoms with E-state index in [1.807, 2.05) is 0 Å². The van der Waals surface area contributed by atoms with Gasteiger partial charge >= 0.3 is 0 Å². The smallest absolute Gasteiger partial charge is 0.271 e. The maximum absolute atomic E-state index is 12.7. The van der Waals surface area contributed by atoms with Crippen LogP contribution in [0.5, 0.6) is 11.5 Å². The molecule has 1 amide bonds. The molecule has 0 saturated carbocycles. The van der Waals surface area contributed by atoms with Crippen molar-refractivity contribution in [1.29, 1.82) is 0 Å². The van der Waals surface area contributed by atoms with Crippen LogP contribution in [0.2, 0.25) is 0 Å². The summed E-state index contributed by atoms with van der Waals surface area (Å²) >= 11 is 0. The maximum Gasteiger partial charge on any atom is 0.271 e. The van der Waals surface area contributed by atoms with Crippen molar-refractivity contribution in [2.75, 3.05) is 30.3 Å². The van der Waals surface area contributed by atoms with Gasteiger partial charge in [0.1, 0.15) is 19.8 Å². The van der Waals surface area contributed by atoms with Gasteiger partial charge < -0.3 is 14.8 Å². The number of amides is 1. The molecule has 2 aromatic rings. The number of nitro benzene ring substituents is 1. The van der Waals surface area contributed by atoms with Gasteiger partial charge in [-0.15, -0.1) is 0 Å². The quantitative estimate of drug-likeness (QED) is 0.507. The monoisotopic (exact) mass is 449 g/mol. The van der Waals surface area contributed by atoms with Crippen LogP contribution in [-0.4, -0.2) is 45.3 Å². The van der Waals surface area contributed by atoms with Gasteiger partial charge in [0.25, 0.3) is 5.69 Å². The highest BCUT2D eigenvalue weighted by Crippen LogP contribution is 2.32. The van der Waals surface area contributed by atoms with E-state index in [1.165, 1.54) is 12.1 Å². The Morgan fingerprint density at radius 3 is 2.52 bits per heavy atom. The molecule has 3 rings (SSSR count). The number of carbonyl (C=O) groups excluding carboxylic acids is 1. The van der Waals surface area contributed by atoms with Crippen LogP contribution in [0.3, 0.4) is 0 Å². The maximum atomic E-state index is 12.7. The van der Waals surface area contributed by atoms with E-state index in [0.29, 0.717) is 30.3 Å². The minimum atomic E-state index is -3.88. The van der Waals surface area contributed by atoms with Gasteiger partial charge in [0.15, 0.2) is 11.5 Å². The van der Waals surface area contributed by atoms with Gasteiger partial charge in [0, 0.05) is 12.1 Å². The fraction of sp³-hybridized carbons (Fsp3) is 0.350. The molecule has 1 N–H and O–H groups in total. The van der Waals surface area contributed by atoms with E-state index < -0.39 is 33.4 Å². The van der Waals surface area contributed by atoms with Gasteiger partial charge in [-0.25, -0.2) is 8.42 Å². The average Bonchev–Trinajstić information content (AvgIpc) is 2.71. The van der Waals surface area contributed by atoms with Crippen LogP contribution in [0, 0.1) is 17.0 Å². The largest absolute Gasteiger partial charge is 0.486 e. The van der Waals surface area contributed by atoms with Gasteiger partial charge in [0.2, 0.25) is 15.9 Å². The highest BCUT2D eigenvalue weighted by Gasteiger charge is 2.25. The highest BCUT2D eigenvalue weighted by molar-refractivity contribution is 7.92. The van der Waals surface area contributed by atoms with Crippen molar-refractivity contribution in [3.63, 3.8) is 0 Å². The summed E-state index contributed by atoms with van der Waals surface area (Å²) in [5, 5.41) is 13.9. The zero-order chi connectivity index (χ0) is 22.8. The molecular formula is C20H23N3O7S. The SMILES string of the molecule is Cc1ccc([N+](=O)[O-])cc1N(CC(=O)N[C@@H](C)c1ccc2c(c1)OCCO2)S(C)(=O)=O. The lowest BCUT2D eigenvalue weighted by molar-refractivity contribution is -0.384. The number of hydrogen-bond donors (Lipinski definition) is 1. The third-order valence-corrected chi connectivity index (χ3v) is 5.93. The Hall–Kier alpha value is -3.34. The molecule has 0 radical (unpaired) electrons. The summed E-state index contributed by atoms with van der Waals surface area (Å²) < 4.78 is 36.6. The molecule has 31 heavy (non-hydrogen) atoms. The molecule has 1 aliphatic rings. The zero-order valence-electron chi connectivity index (χ0n) is 17.3. The topological polar surface area (TPSA) is 128 Å². The number of aryl methyl sites for hydroxylation is 1. The number of hydrogen-bond acceptors (Lipinski definition) is 7. The van der Waals surface area contributed by atoms with Crippen molar-refractivity contribution in [2.45, 2.75) is 19.9 Å². The molecule has 0 saturated heterocycles. The fourth-order valence-electron chi connectivity index (χ4n) is 3.19. The number of benzene rings is 2. The Balaban J connectivity index is 1.79. The Bertz CT molecular complexity index is 1120. The summed E-state index contributed by atoms with van der Waals surface area (Å²) in [4.78, 5) is 23.2. The highest BCUT2D eigenvalue weighted by atomic mass is 32.2. The second-order valence-electron chi connectivity index (χ2n) is 7.19. The first-order valence-corrected chi connectivity index (χ1v) is 11.3. The number of rotatable bonds is 7. The van der Waals surface area contributed by atoms with Crippen LogP contribution in [0.1, 0.15) is 24.1 Å². The first-order chi connectivity index (χ1) is 14.6. The van der Waals surface area contributed by atoms with Crippen molar-refractivity contribution in [2.24, 2.45) is 0 Å². The van der Waals surface area contributed by atoms with E-state index in [-0.39, 0.29) is 11.4 Å². The lowest BCUT2D eigenvalue weighted by Crippen LogP contribution is -2.41. The molecule has 11 heteroatoms. The minimum absolute atomic E-state index is 0.0823. The van der Waals surface area contributed by atoms with Gasteiger partial charge in [0.05, 0.1) is 22.9 Å². The third-order valence-electron chi connectivity index (χ3n) is 4.80. The van der Waals surface area contributed by atoms with E-state index in [4.69, 9.17) is 9.47 Å². The number of ether oxygens (including phenoxy) is 2. The van der Waals surface area contributed by atoms with Gasteiger partial charge in [-0.1, -0.05) is 12.1 Å². The van der Waals surface area contributed by atoms with Crippen LogP contribution < -0.4 is 19.1 Å². The van der Waals surface area contributed by atoms with E-state index in [0.717, 1.165) is 22.2 Å². The van der Waals surface area contributed by atoms with Crippen LogP contribution >= 0.6 is 0 Å². The van der Waals surface area contributed by atoms with Crippen molar-refractivity contribution in [3.8, 4) is 11.5 Å². The molecule has 1 aliphatic heterocycles. The van der Waals surface area contributed by atoms with Crippen LogP contribution in [0.25, 0.3) is 0 Å². The number of fused-ring (bicyclic) bond motifs is 1. The molecule has 2 aromatic carbocycles. The van der Waals surface area contributed by atoms with E-state index >= 15 is 0 Å². The number of carbonyl (C=O) groups is 1. The predicted molar refractivity (Wildman–Crippen MR) is 114 cm³/mol. The second-order valence-corrected chi connectivity index (χ2v) is 9.10. The summed E-state index contributed by atoms with van der Waals surface area (Å²) in [6.45, 7) is 3.76. The normalized spacial score (nSPS) is 13.9. The molecule has 0 bridgehead atoms. The Morgan fingerprint density at radius 2 is 1.87 bits per heavy atom. The van der Waals surface area contributed by atoms with Gasteiger partial charge in [-0.2, -0.15) is 0 Å². The summed E-state index contributed by atoms with van der Waals surface area (Å²) in [5.41, 5.74) is 1.07. The lowest BCUT2D eigenvalue weighted by Gasteiger charge is -2.25. The number of nitrogens with one attached hydrogen (secondary N) is 1.